The number of hydrogen-bond acceptors (Lipinski definition) is 5. The molecule has 0 aromatic heterocycles. The molecule has 29 heavy (non-hydrogen) atoms. The number of hydrogen-bond donors (Lipinski definition) is 1. The average Bonchev–Trinajstić information content (AvgIpc) is 2.75. The van der Waals surface area contributed by atoms with Crippen LogP contribution in [-0.4, -0.2) is 40.6 Å². The number of para-hydroxylation sites is 1. The fraction of sp³-hybridized carbons (Fsp3) is 0.417. The summed E-state index contributed by atoms with van der Waals surface area (Å²) in [4.78, 5) is 28.6. The van der Waals surface area contributed by atoms with Gasteiger partial charge in [-0.05, 0) is 43.8 Å². The maximum Gasteiger partial charge on any atom is 0.340 e. The number of esters is 1. The largest absolute Gasteiger partial charge is 0.507 e. The highest BCUT2D eigenvalue weighted by Crippen LogP contribution is 2.33. The monoisotopic (exact) mass is 397 g/mol. The number of aromatic hydroxyl groups is 1. The summed E-state index contributed by atoms with van der Waals surface area (Å²) in [6.45, 7) is 7.02. The van der Waals surface area contributed by atoms with Crippen LogP contribution in [-0.2, 0) is 4.74 Å². The summed E-state index contributed by atoms with van der Waals surface area (Å²) < 4.78 is 6.01. The van der Waals surface area contributed by atoms with Crippen molar-refractivity contribution in [2.24, 2.45) is 0 Å². The van der Waals surface area contributed by atoms with Crippen LogP contribution in [0.5, 0.6) is 5.75 Å². The molecule has 0 fully saturated rings. The molecule has 2 aromatic rings. The van der Waals surface area contributed by atoms with Gasteiger partial charge in [-0.2, -0.15) is 0 Å². The Bertz CT molecular complexity index is 802. The Kier molecular flexibility index (Phi) is 8.40. The van der Waals surface area contributed by atoms with Crippen LogP contribution in [0.2, 0.25) is 0 Å². The highest BCUT2D eigenvalue weighted by atomic mass is 16.6. The molecule has 0 spiro atoms. The first-order chi connectivity index (χ1) is 14.0. The number of phenols is 1. The number of carbonyl (C=O) groups is 2. The van der Waals surface area contributed by atoms with E-state index in [1.807, 2.05) is 24.8 Å². The minimum absolute atomic E-state index is 0.111. The third-order valence-corrected chi connectivity index (χ3v) is 5.17. The van der Waals surface area contributed by atoms with Crippen molar-refractivity contribution < 1.29 is 19.4 Å². The average molecular weight is 398 g/mol. The molecule has 0 aliphatic heterocycles. The number of likely N-dealkylation sites (N-methyl/N-ethyl adjacent to an activating group) is 1. The molecule has 0 amide bonds. The van der Waals surface area contributed by atoms with E-state index in [-0.39, 0.29) is 17.1 Å². The van der Waals surface area contributed by atoms with Crippen LogP contribution in [0.25, 0.3) is 0 Å². The van der Waals surface area contributed by atoms with Crippen LogP contribution in [0, 0.1) is 0 Å². The van der Waals surface area contributed by atoms with Gasteiger partial charge < -0.3 is 9.84 Å². The van der Waals surface area contributed by atoms with Crippen molar-refractivity contribution in [1.29, 1.82) is 0 Å². The maximum absolute atomic E-state index is 13.7. The zero-order chi connectivity index (χ0) is 21.3. The van der Waals surface area contributed by atoms with Gasteiger partial charge in [0.25, 0.3) is 0 Å². The second-order valence-electron chi connectivity index (χ2n) is 7.02. The first kappa shape index (κ1) is 22.6. The second-order valence-corrected chi connectivity index (χ2v) is 7.02. The van der Waals surface area contributed by atoms with Crippen LogP contribution in [0.15, 0.2) is 54.6 Å². The van der Waals surface area contributed by atoms with Gasteiger partial charge in [0.15, 0.2) is 0 Å². The van der Waals surface area contributed by atoms with Crippen molar-refractivity contribution in [3.05, 3.63) is 65.7 Å². The summed E-state index contributed by atoms with van der Waals surface area (Å²) in [7, 11) is 0. The van der Waals surface area contributed by atoms with E-state index in [1.165, 1.54) is 6.07 Å². The Morgan fingerprint density at radius 3 is 2.14 bits per heavy atom. The van der Waals surface area contributed by atoms with Crippen molar-refractivity contribution in [1.82, 2.24) is 4.90 Å². The minimum Gasteiger partial charge on any atom is -0.507 e. The topological polar surface area (TPSA) is 66.8 Å². The van der Waals surface area contributed by atoms with Crippen LogP contribution < -0.4 is 0 Å². The lowest BCUT2D eigenvalue weighted by Gasteiger charge is -2.41. The molecule has 0 heterocycles. The lowest BCUT2D eigenvalue weighted by atomic mass is 9.92. The maximum atomic E-state index is 13.7. The lowest BCUT2D eigenvalue weighted by Crippen LogP contribution is -2.57. The van der Waals surface area contributed by atoms with E-state index in [4.69, 9.17) is 4.74 Å². The van der Waals surface area contributed by atoms with E-state index < -0.39 is 11.7 Å². The molecule has 156 valence electrons. The van der Waals surface area contributed by atoms with Gasteiger partial charge in [0, 0.05) is 6.42 Å². The van der Waals surface area contributed by atoms with Gasteiger partial charge in [0.1, 0.15) is 5.75 Å². The Labute approximate surface area is 173 Å². The highest BCUT2D eigenvalue weighted by molar-refractivity contribution is 6.06. The predicted molar refractivity (Wildman–Crippen MR) is 114 cm³/mol. The van der Waals surface area contributed by atoms with Gasteiger partial charge in [-0.1, -0.05) is 63.9 Å². The molecule has 0 radical (unpaired) electrons. The van der Waals surface area contributed by atoms with Gasteiger partial charge in [0.05, 0.1) is 11.1 Å². The number of nitrogens with zero attached hydrogens (tertiary/aromatic N) is 1. The van der Waals surface area contributed by atoms with Crippen molar-refractivity contribution in [3.8, 4) is 5.75 Å². The Balaban J connectivity index is 2.54. The van der Waals surface area contributed by atoms with Crippen molar-refractivity contribution in [2.75, 3.05) is 13.1 Å². The molecule has 0 aliphatic rings. The summed E-state index contributed by atoms with van der Waals surface area (Å²) in [6.07, 6.45) is 2.99. The molecule has 1 unspecified atom stereocenters. The minimum atomic E-state index is -1.47. The predicted octanol–water partition coefficient (Wildman–Crippen LogP) is 5.05. The third kappa shape index (κ3) is 5.24. The van der Waals surface area contributed by atoms with E-state index in [0.29, 0.717) is 25.1 Å². The fourth-order valence-electron chi connectivity index (χ4n) is 3.59. The third-order valence-electron chi connectivity index (χ3n) is 5.17. The van der Waals surface area contributed by atoms with Gasteiger partial charge in [-0.25, -0.2) is 4.79 Å². The molecule has 0 saturated heterocycles. The van der Waals surface area contributed by atoms with Crippen molar-refractivity contribution in [2.45, 2.75) is 52.2 Å². The Hall–Kier alpha value is -2.66. The molecule has 2 rings (SSSR count). The number of benzene rings is 2. The molecular weight excluding hydrogens is 366 g/mol. The first-order valence-electron chi connectivity index (χ1n) is 10.4. The van der Waals surface area contributed by atoms with Gasteiger partial charge in [0.2, 0.25) is 11.5 Å². The molecule has 2 aromatic carbocycles. The summed E-state index contributed by atoms with van der Waals surface area (Å²) in [5.74, 6) is -1.04. The Morgan fingerprint density at radius 1 is 0.931 bits per heavy atom. The van der Waals surface area contributed by atoms with Crippen molar-refractivity contribution >= 4 is 11.8 Å². The number of carbonyl (C=O) groups excluding carboxylic acids is 2. The first-order valence-corrected chi connectivity index (χ1v) is 10.4. The number of ketones is 1. The quantitative estimate of drug-likeness (QED) is 0.249. The standard InChI is InChI=1S/C24H31NO4/c1-4-7-13-18-24(25(5-2)6-3,22(27)20-16-11-12-17-21(20)26)29-23(28)19-14-9-8-10-15-19/h8-12,14-17,26H,4-7,13,18H2,1-3H3. The molecule has 0 bridgehead atoms. The van der Waals surface area contributed by atoms with E-state index in [0.717, 1.165) is 19.3 Å². The fourth-order valence-corrected chi connectivity index (χ4v) is 3.59. The summed E-state index contributed by atoms with van der Waals surface area (Å²) in [6, 6.07) is 15.1. The summed E-state index contributed by atoms with van der Waals surface area (Å²) in [5, 5.41) is 10.3. The number of Topliss-reactive ketones (excluding diaryl/α,β-unsaturated/α-hetero) is 1. The number of ether oxygens (including phenoxy) is 1. The van der Waals surface area contributed by atoms with Crippen LogP contribution >= 0.6 is 0 Å². The van der Waals surface area contributed by atoms with Crippen LogP contribution in [0.3, 0.4) is 0 Å². The van der Waals surface area contributed by atoms with E-state index in [2.05, 4.69) is 6.92 Å². The smallest absolute Gasteiger partial charge is 0.340 e. The van der Waals surface area contributed by atoms with Gasteiger partial charge >= 0.3 is 5.97 Å². The molecule has 0 aliphatic carbocycles. The molecule has 0 saturated carbocycles. The number of phenolic OH excluding ortho intramolecular Hbond substituents is 1. The molecule has 5 heteroatoms. The highest BCUT2D eigenvalue weighted by Gasteiger charge is 2.47. The zero-order valence-electron chi connectivity index (χ0n) is 17.6. The molecule has 5 nitrogen and oxygen atoms in total. The summed E-state index contributed by atoms with van der Waals surface area (Å²) >= 11 is 0. The number of unbranched alkanes of at least 4 members (excludes halogenated alkanes) is 2. The van der Waals surface area contributed by atoms with E-state index in [1.54, 1.807) is 42.5 Å². The Morgan fingerprint density at radius 2 is 1.55 bits per heavy atom. The van der Waals surface area contributed by atoms with Crippen LogP contribution in [0.1, 0.15) is 67.2 Å². The number of rotatable bonds is 11. The van der Waals surface area contributed by atoms with Crippen molar-refractivity contribution in [3.63, 3.8) is 0 Å². The van der Waals surface area contributed by atoms with E-state index >= 15 is 0 Å². The SMILES string of the molecule is CCCCCC(OC(=O)c1ccccc1)(C(=O)c1ccccc1O)N(CC)CC. The van der Waals surface area contributed by atoms with Gasteiger partial charge in [-0.15, -0.1) is 0 Å². The summed E-state index contributed by atoms with van der Waals surface area (Å²) in [5.41, 5.74) is -0.911. The van der Waals surface area contributed by atoms with Crippen LogP contribution in [0.4, 0.5) is 0 Å². The second kappa shape index (κ2) is 10.8. The van der Waals surface area contributed by atoms with E-state index in [9.17, 15) is 14.7 Å². The molecule has 1 atom stereocenters. The lowest BCUT2D eigenvalue weighted by molar-refractivity contribution is -0.0937. The van der Waals surface area contributed by atoms with Gasteiger partial charge in [-0.3, -0.25) is 9.69 Å². The zero-order valence-corrected chi connectivity index (χ0v) is 17.6. The molecule has 1 N–H and O–H groups in total. The molecular formula is C24H31NO4. The normalized spacial score (nSPS) is 13.1.